The fourth-order valence-electron chi connectivity index (χ4n) is 3.55. The number of carbonyl (C=O) groups is 2. The zero-order valence-electron chi connectivity index (χ0n) is 14.4. The van der Waals surface area contributed by atoms with Crippen molar-refractivity contribution in [2.45, 2.75) is 12.8 Å². The van der Waals surface area contributed by atoms with Gasteiger partial charge in [0.05, 0.1) is 24.6 Å². The van der Waals surface area contributed by atoms with Gasteiger partial charge in [0.25, 0.3) is 0 Å². The third-order valence-electron chi connectivity index (χ3n) is 4.90. The second-order valence-corrected chi connectivity index (χ2v) is 6.41. The lowest BCUT2D eigenvalue weighted by Gasteiger charge is -2.16. The van der Waals surface area contributed by atoms with E-state index in [2.05, 4.69) is 0 Å². The molecule has 0 spiro atoms. The Hall–Kier alpha value is -3.08. The number of allylic oxidation sites excluding steroid dienone is 2. The molecule has 0 aromatic heterocycles. The summed E-state index contributed by atoms with van der Waals surface area (Å²) in [6, 6.07) is 14.4. The van der Waals surface area contributed by atoms with Gasteiger partial charge in [-0.2, -0.15) is 0 Å². The molecule has 2 amide bonds. The minimum absolute atomic E-state index is 0.109. The molecule has 5 heteroatoms. The quantitative estimate of drug-likeness (QED) is 0.620. The summed E-state index contributed by atoms with van der Waals surface area (Å²) in [5, 5.41) is 0. The van der Waals surface area contributed by atoms with E-state index in [4.69, 9.17) is 9.47 Å². The summed E-state index contributed by atoms with van der Waals surface area (Å²) < 4.78 is 11.1. The van der Waals surface area contributed by atoms with E-state index in [1.807, 2.05) is 36.4 Å². The Bertz CT molecular complexity index is 846. The number of benzene rings is 2. The molecule has 2 aliphatic rings. The number of methoxy groups -OCH3 is 1. The largest absolute Gasteiger partial charge is 0.493 e. The van der Waals surface area contributed by atoms with E-state index in [-0.39, 0.29) is 23.7 Å². The van der Waals surface area contributed by atoms with Crippen molar-refractivity contribution >= 4 is 17.5 Å². The molecule has 1 heterocycles. The first-order chi connectivity index (χ1) is 12.7. The highest BCUT2D eigenvalue weighted by Gasteiger charge is 2.47. The molecule has 2 atom stereocenters. The van der Waals surface area contributed by atoms with Crippen molar-refractivity contribution < 1.29 is 19.1 Å². The molecule has 26 heavy (non-hydrogen) atoms. The third kappa shape index (κ3) is 2.75. The van der Waals surface area contributed by atoms with Crippen LogP contribution in [-0.4, -0.2) is 18.9 Å². The lowest BCUT2D eigenvalue weighted by Crippen LogP contribution is -2.30. The molecule has 0 bridgehead atoms. The molecule has 0 saturated carbocycles. The fourth-order valence-corrected chi connectivity index (χ4v) is 3.55. The second kappa shape index (κ2) is 6.67. The zero-order valence-corrected chi connectivity index (χ0v) is 14.4. The monoisotopic (exact) mass is 349 g/mol. The van der Waals surface area contributed by atoms with Crippen LogP contribution in [-0.2, 0) is 9.59 Å². The molecule has 132 valence electrons. The third-order valence-corrected chi connectivity index (χ3v) is 4.90. The van der Waals surface area contributed by atoms with Gasteiger partial charge in [-0.05, 0) is 49.2 Å². The Balaban J connectivity index is 1.55. The van der Waals surface area contributed by atoms with Crippen LogP contribution in [0.5, 0.6) is 17.2 Å². The number of rotatable bonds is 4. The zero-order chi connectivity index (χ0) is 18.1. The maximum absolute atomic E-state index is 12.6. The van der Waals surface area contributed by atoms with Gasteiger partial charge in [-0.1, -0.05) is 24.3 Å². The molecule has 2 aromatic rings. The molecule has 1 aliphatic carbocycles. The highest BCUT2D eigenvalue weighted by Crippen LogP contribution is 2.38. The number of hydrogen-bond donors (Lipinski definition) is 0. The lowest BCUT2D eigenvalue weighted by molar-refractivity contribution is -0.122. The van der Waals surface area contributed by atoms with E-state index in [0.717, 1.165) is 0 Å². The maximum Gasteiger partial charge on any atom is 0.238 e. The van der Waals surface area contributed by atoms with Gasteiger partial charge in [0.2, 0.25) is 11.8 Å². The van der Waals surface area contributed by atoms with Crippen LogP contribution in [0.2, 0.25) is 0 Å². The summed E-state index contributed by atoms with van der Waals surface area (Å²) >= 11 is 0. The summed E-state index contributed by atoms with van der Waals surface area (Å²) in [4.78, 5) is 26.6. The van der Waals surface area contributed by atoms with Crippen molar-refractivity contribution in [1.82, 2.24) is 0 Å². The van der Waals surface area contributed by atoms with Crippen LogP contribution in [0, 0.1) is 11.8 Å². The van der Waals surface area contributed by atoms with E-state index < -0.39 is 0 Å². The molecule has 0 unspecified atom stereocenters. The minimum Gasteiger partial charge on any atom is -0.493 e. The van der Waals surface area contributed by atoms with E-state index in [0.29, 0.717) is 35.8 Å². The number of hydrogen-bond acceptors (Lipinski definition) is 4. The number of para-hydroxylation sites is 2. The normalized spacial score (nSPS) is 21.7. The molecule has 2 aromatic carbocycles. The predicted molar refractivity (Wildman–Crippen MR) is 97.4 cm³/mol. The number of anilines is 1. The number of nitrogens with zero attached hydrogens (tertiary/aromatic N) is 1. The maximum atomic E-state index is 12.6. The number of amides is 2. The van der Waals surface area contributed by atoms with Crippen LogP contribution < -0.4 is 14.4 Å². The molecule has 5 nitrogen and oxygen atoms in total. The van der Waals surface area contributed by atoms with E-state index in [1.165, 1.54) is 4.90 Å². The molecule has 0 radical (unpaired) electrons. The Labute approximate surface area is 151 Å². The van der Waals surface area contributed by atoms with Gasteiger partial charge in [0.1, 0.15) is 5.75 Å². The molecule has 1 fully saturated rings. The summed E-state index contributed by atoms with van der Waals surface area (Å²) in [5.41, 5.74) is 0.585. The first kappa shape index (κ1) is 16.4. The Morgan fingerprint density at radius 1 is 0.846 bits per heavy atom. The number of imide groups is 1. The first-order valence-electron chi connectivity index (χ1n) is 8.63. The second-order valence-electron chi connectivity index (χ2n) is 6.41. The summed E-state index contributed by atoms with van der Waals surface area (Å²) in [6.07, 6.45) is 5.25. The van der Waals surface area contributed by atoms with Crippen LogP contribution in [0.25, 0.3) is 0 Å². The lowest BCUT2D eigenvalue weighted by atomic mass is 9.85. The minimum atomic E-state index is -0.225. The number of fused-ring (bicyclic) bond motifs is 1. The van der Waals surface area contributed by atoms with E-state index >= 15 is 0 Å². The Morgan fingerprint density at radius 3 is 2.00 bits per heavy atom. The standard InChI is InChI=1S/C21H19NO4/c1-25-18-8-4-5-9-19(18)26-15-12-10-14(11-13-15)22-20(23)16-6-2-3-7-17(16)21(22)24/h2-5,8-13,16-17H,6-7H2,1H3/t16-,17-/m0/s1. The molecule has 1 saturated heterocycles. The van der Waals surface area contributed by atoms with Crippen molar-refractivity contribution in [3.63, 3.8) is 0 Å². The van der Waals surface area contributed by atoms with Crippen LogP contribution >= 0.6 is 0 Å². The smallest absolute Gasteiger partial charge is 0.238 e. The van der Waals surface area contributed by atoms with Gasteiger partial charge in [0, 0.05) is 0 Å². The van der Waals surface area contributed by atoms with Gasteiger partial charge in [-0.25, -0.2) is 0 Å². The van der Waals surface area contributed by atoms with Crippen molar-refractivity contribution in [2.24, 2.45) is 11.8 Å². The van der Waals surface area contributed by atoms with E-state index in [9.17, 15) is 9.59 Å². The predicted octanol–water partition coefficient (Wildman–Crippen LogP) is 3.94. The number of carbonyl (C=O) groups excluding carboxylic acids is 2. The first-order valence-corrected chi connectivity index (χ1v) is 8.63. The van der Waals surface area contributed by atoms with Crippen molar-refractivity contribution in [3.05, 3.63) is 60.7 Å². The van der Waals surface area contributed by atoms with Crippen molar-refractivity contribution in [2.75, 3.05) is 12.0 Å². The molecule has 1 aliphatic heterocycles. The van der Waals surface area contributed by atoms with Crippen LogP contribution in [0.1, 0.15) is 12.8 Å². The van der Waals surface area contributed by atoms with Gasteiger partial charge in [0.15, 0.2) is 11.5 Å². The van der Waals surface area contributed by atoms with Gasteiger partial charge in [-0.3, -0.25) is 14.5 Å². The van der Waals surface area contributed by atoms with Crippen molar-refractivity contribution in [3.8, 4) is 17.2 Å². The Morgan fingerprint density at radius 2 is 1.42 bits per heavy atom. The highest BCUT2D eigenvalue weighted by molar-refractivity contribution is 6.22. The topological polar surface area (TPSA) is 55.8 Å². The fraction of sp³-hybridized carbons (Fsp3) is 0.238. The van der Waals surface area contributed by atoms with E-state index in [1.54, 1.807) is 31.4 Å². The van der Waals surface area contributed by atoms with Crippen molar-refractivity contribution in [1.29, 1.82) is 0 Å². The summed E-state index contributed by atoms with van der Waals surface area (Å²) in [5.74, 6) is 1.18. The Kier molecular flexibility index (Phi) is 4.21. The van der Waals surface area contributed by atoms with Gasteiger partial charge >= 0.3 is 0 Å². The molecular weight excluding hydrogens is 330 g/mol. The molecule has 0 N–H and O–H groups in total. The van der Waals surface area contributed by atoms with Gasteiger partial charge in [-0.15, -0.1) is 0 Å². The molecule has 4 rings (SSSR count). The van der Waals surface area contributed by atoms with Crippen LogP contribution in [0.15, 0.2) is 60.7 Å². The highest BCUT2D eigenvalue weighted by atomic mass is 16.5. The van der Waals surface area contributed by atoms with Crippen LogP contribution in [0.4, 0.5) is 5.69 Å². The average molecular weight is 349 g/mol. The van der Waals surface area contributed by atoms with Crippen LogP contribution in [0.3, 0.4) is 0 Å². The number of ether oxygens (including phenoxy) is 2. The molecular formula is C21H19NO4. The summed E-state index contributed by atoms with van der Waals surface area (Å²) in [6.45, 7) is 0. The average Bonchev–Trinajstić information content (AvgIpc) is 2.94. The SMILES string of the molecule is COc1ccccc1Oc1ccc(N2C(=O)[C@H]3CC=CC[C@@H]3C2=O)cc1. The summed E-state index contributed by atoms with van der Waals surface area (Å²) in [7, 11) is 1.59. The van der Waals surface area contributed by atoms with Gasteiger partial charge < -0.3 is 9.47 Å².